The van der Waals surface area contributed by atoms with Crippen LogP contribution in [-0.2, 0) is 11.3 Å². The van der Waals surface area contributed by atoms with Crippen LogP contribution in [0, 0.1) is 0 Å². The minimum atomic E-state index is -0.339. The number of imidazole rings is 1. The van der Waals surface area contributed by atoms with Crippen LogP contribution in [0.5, 0.6) is 0 Å². The van der Waals surface area contributed by atoms with Gasteiger partial charge in [0.1, 0.15) is 0 Å². The fourth-order valence-electron chi connectivity index (χ4n) is 2.48. The summed E-state index contributed by atoms with van der Waals surface area (Å²) in [4.78, 5) is 19.2. The highest BCUT2D eigenvalue weighted by Crippen LogP contribution is 2.24. The quantitative estimate of drug-likeness (QED) is 0.713. The van der Waals surface area contributed by atoms with Crippen LogP contribution >= 0.6 is 0 Å². The molecule has 1 aliphatic rings. The predicted octanol–water partition coefficient (Wildman–Crippen LogP) is 0.948. The van der Waals surface area contributed by atoms with E-state index in [0.717, 1.165) is 37.9 Å². The number of nitrogens with one attached hydrogen (secondary N) is 3. The minimum absolute atomic E-state index is 0.117. The van der Waals surface area contributed by atoms with Gasteiger partial charge in [-0.25, -0.2) is 4.98 Å². The molecule has 1 amide bonds. The summed E-state index contributed by atoms with van der Waals surface area (Å²) < 4.78 is 0. The molecule has 2 rings (SSSR count). The third-order valence-corrected chi connectivity index (χ3v) is 3.35. The van der Waals surface area contributed by atoms with E-state index < -0.39 is 0 Å². The van der Waals surface area contributed by atoms with Crippen LogP contribution in [-0.4, -0.2) is 28.0 Å². The van der Waals surface area contributed by atoms with Gasteiger partial charge in [-0.2, -0.15) is 0 Å². The first kappa shape index (κ1) is 12.1. The highest BCUT2D eigenvalue weighted by atomic mass is 16.2. The second-order valence-electron chi connectivity index (χ2n) is 4.62. The largest absolute Gasteiger partial charge is 0.349 e. The first-order valence-electron chi connectivity index (χ1n) is 6.27. The molecule has 1 aromatic heterocycles. The molecular weight excluding hydrogens is 216 g/mol. The zero-order valence-electron chi connectivity index (χ0n) is 10.3. The van der Waals surface area contributed by atoms with E-state index in [0.29, 0.717) is 6.54 Å². The number of hydrogen-bond acceptors (Lipinski definition) is 3. The molecule has 0 bridgehead atoms. The Balaban J connectivity index is 1.92. The van der Waals surface area contributed by atoms with Crippen molar-refractivity contribution in [2.75, 3.05) is 6.54 Å². The Morgan fingerprint density at radius 3 is 3.12 bits per heavy atom. The maximum atomic E-state index is 12.2. The third-order valence-electron chi connectivity index (χ3n) is 3.35. The molecule has 0 aromatic carbocycles. The van der Waals surface area contributed by atoms with Crippen molar-refractivity contribution < 1.29 is 4.79 Å². The van der Waals surface area contributed by atoms with E-state index in [2.05, 4.69) is 27.5 Å². The Bertz CT molecular complexity index is 355. The van der Waals surface area contributed by atoms with Gasteiger partial charge in [0.15, 0.2) is 0 Å². The summed E-state index contributed by atoms with van der Waals surface area (Å²) in [6, 6.07) is 0. The van der Waals surface area contributed by atoms with E-state index in [1.165, 1.54) is 0 Å². The summed E-state index contributed by atoms with van der Waals surface area (Å²) in [7, 11) is 0. The smallest absolute Gasteiger partial charge is 0.240 e. The first-order chi connectivity index (χ1) is 8.27. The molecule has 1 saturated heterocycles. The molecule has 1 aliphatic heterocycles. The molecular formula is C12H20N4O. The Hall–Kier alpha value is -1.36. The lowest BCUT2D eigenvalue weighted by Gasteiger charge is -2.27. The van der Waals surface area contributed by atoms with Gasteiger partial charge in [-0.05, 0) is 25.8 Å². The van der Waals surface area contributed by atoms with Gasteiger partial charge in [0.25, 0.3) is 0 Å². The molecule has 94 valence electrons. The van der Waals surface area contributed by atoms with E-state index in [-0.39, 0.29) is 11.4 Å². The maximum absolute atomic E-state index is 12.2. The van der Waals surface area contributed by atoms with E-state index >= 15 is 0 Å². The summed E-state index contributed by atoms with van der Waals surface area (Å²) in [5.74, 6) is 0.117. The van der Waals surface area contributed by atoms with Crippen LogP contribution in [0.4, 0.5) is 0 Å². The number of amides is 1. The summed E-state index contributed by atoms with van der Waals surface area (Å²) in [5.41, 5.74) is 0.595. The van der Waals surface area contributed by atoms with Crippen LogP contribution in [0.3, 0.4) is 0 Å². The lowest BCUT2D eigenvalue weighted by atomic mass is 9.91. The number of rotatable bonds is 5. The molecule has 5 heteroatoms. The van der Waals surface area contributed by atoms with E-state index in [9.17, 15) is 4.79 Å². The molecule has 0 aliphatic carbocycles. The molecule has 1 aromatic rings. The summed E-state index contributed by atoms with van der Waals surface area (Å²) >= 11 is 0. The molecule has 1 unspecified atom stereocenters. The molecule has 5 nitrogen and oxygen atoms in total. The van der Waals surface area contributed by atoms with Gasteiger partial charge in [-0.15, -0.1) is 0 Å². The number of carbonyl (C=O) groups is 1. The molecule has 17 heavy (non-hydrogen) atoms. The first-order valence-corrected chi connectivity index (χ1v) is 6.27. The SMILES string of the molecule is CCCC1(C(=O)NCc2cnc[nH]2)CCCN1. The molecule has 1 fully saturated rings. The van der Waals surface area contributed by atoms with Crippen molar-refractivity contribution in [3.8, 4) is 0 Å². The topological polar surface area (TPSA) is 69.8 Å². The summed E-state index contributed by atoms with van der Waals surface area (Å²) in [5, 5.41) is 6.34. The number of nitrogens with zero attached hydrogens (tertiary/aromatic N) is 1. The van der Waals surface area contributed by atoms with Gasteiger partial charge < -0.3 is 15.6 Å². The van der Waals surface area contributed by atoms with Crippen molar-refractivity contribution in [3.63, 3.8) is 0 Å². The van der Waals surface area contributed by atoms with E-state index in [1.54, 1.807) is 12.5 Å². The average Bonchev–Trinajstić information content (AvgIpc) is 2.97. The Labute approximate surface area is 101 Å². The van der Waals surface area contributed by atoms with Crippen LogP contribution < -0.4 is 10.6 Å². The second-order valence-corrected chi connectivity index (χ2v) is 4.62. The van der Waals surface area contributed by atoms with E-state index in [1.807, 2.05) is 0 Å². The Kier molecular flexibility index (Phi) is 3.78. The van der Waals surface area contributed by atoms with Crippen molar-refractivity contribution >= 4 is 5.91 Å². The third kappa shape index (κ3) is 2.66. The lowest BCUT2D eigenvalue weighted by molar-refractivity contribution is -0.127. The van der Waals surface area contributed by atoms with Crippen LogP contribution in [0.1, 0.15) is 38.3 Å². The second kappa shape index (κ2) is 5.31. The molecule has 0 spiro atoms. The number of aromatic amines is 1. The van der Waals surface area contributed by atoms with Crippen molar-refractivity contribution in [3.05, 3.63) is 18.2 Å². The van der Waals surface area contributed by atoms with Crippen LogP contribution in [0.25, 0.3) is 0 Å². The molecule has 0 radical (unpaired) electrons. The molecule has 0 saturated carbocycles. The molecule has 3 N–H and O–H groups in total. The van der Waals surface area contributed by atoms with Crippen LogP contribution in [0.2, 0.25) is 0 Å². The van der Waals surface area contributed by atoms with Gasteiger partial charge in [0.2, 0.25) is 5.91 Å². The van der Waals surface area contributed by atoms with Crippen molar-refractivity contribution in [2.24, 2.45) is 0 Å². The molecule has 2 heterocycles. The van der Waals surface area contributed by atoms with Gasteiger partial charge in [0, 0.05) is 6.20 Å². The highest BCUT2D eigenvalue weighted by molar-refractivity contribution is 5.86. The summed E-state index contributed by atoms with van der Waals surface area (Å²) in [6.45, 7) is 3.58. The Morgan fingerprint density at radius 1 is 1.65 bits per heavy atom. The monoisotopic (exact) mass is 236 g/mol. The zero-order valence-corrected chi connectivity index (χ0v) is 10.3. The maximum Gasteiger partial charge on any atom is 0.240 e. The zero-order chi connectivity index (χ0) is 12.1. The van der Waals surface area contributed by atoms with Gasteiger partial charge in [-0.1, -0.05) is 13.3 Å². The number of H-pyrrole nitrogens is 1. The summed E-state index contributed by atoms with van der Waals surface area (Å²) in [6.07, 6.45) is 7.30. The lowest BCUT2D eigenvalue weighted by Crippen LogP contribution is -2.53. The van der Waals surface area contributed by atoms with Crippen molar-refractivity contribution in [2.45, 2.75) is 44.7 Å². The number of carbonyl (C=O) groups excluding carboxylic acids is 1. The van der Waals surface area contributed by atoms with Crippen molar-refractivity contribution in [1.82, 2.24) is 20.6 Å². The van der Waals surface area contributed by atoms with Gasteiger partial charge in [0.05, 0.1) is 24.1 Å². The fourth-order valence-corrected chi connectivity index (χ4v) is 2.48. The van der Waals surface area contributed by atoms with Crippen molar-refractivity contribution in [1.29, 1.82) is 0 Å². The normalized spacial score (nSPS) is 23.8. The average molecular weight is 236 g/mol. The number of hydrogen-bond donors (Lipinski definition) is 3. The fraction of sp³-hybridized carbons (Fsp3) is 0.667. The highest BCUT2D eigenvalue weighted by Gasteiger charge is 2.39. The van der Waals surface area contributed by atoms with Gasteiger partial charge >= 0.3 is 0 Å². The van der Waals surface area contributed by atoms with Gasteiger partial charge in [-0.3, -0.25) is 4.79 Å². The van der Waals surface area contributed by atoms with Crippen LogP contribution in [0.15, 0.2) is 12.5 Å². The standard InChI is InChI=1S/C12H20N4O/c1-2-4-12(5-3-6-16-12)11(17)14-8-10-7-13-9-15-10/h7,9,16H,2-6,8H2,1H3,(H,13,15)(H,14,17). The van der Waals surface area contributed by atoms with E-state index in [4.69, 9.17) is 0 Å². The Morgan fingerprint density at radius 2 is 2.53 bits per heavy atom. The predicted molar refractivity (Wildman–Crippen MR) is 65.3 cm³/mol. The molecule has 1 atom stereocenters. The minimum Gasteiger partial charge on any atom is -0.349 e. The number of aromatic nitrogens is 2.